The molecule has 2 N–H and O–H groups in total. The van der Waals surface area contributed by atoms with Crippen molar-refractivity contribution in [1.82, 2.24) is 9.88 Å². The van der Waals surface area contributed by atoms with Crippen LogP contribution >= 0.6 is 0 Å². The number of nitrogens with zero attached hydrogens (tertiary/aromatic N) is 1. The molecule has 1 saturated carbocycles. The van der Waals surface area contributed by atoms with E-state index in [1.54, 1.807) is 12.1 Å². The third kappa shape index (κ3) is 5.04. The maximum atomic E-state index is 13.1. The van der Waals surface area contributed by atoms with E-state index in [4.69, 9.17) is 0 Å². The molecule has 2 aromatic rings. The number of amides is 1. The zero-order chi connectivity index (χ0) is 19.6. The fourth-order valence-corrected chi connectivity index (χ4v) is 3.31. The summed E-state index contributed by atoms with van der Waals surface area (Å²) in [6, 6.07) is 8.64. The molecule has 1 aliphatic carbocycles. The highest BCUT2D eigenvalue weighted by atomic mass is 19.1. The Balaban J connectivity index is 1.64. The lowest BCUT2D eigenvalue weighted by atomic mass is 10.1. The van der Waals surface area contributed by atoms with Crippen molar-refractivity contribution < 1.29 is 18.9 Å². The summed E-state index contributed by atoms with van der Waals surface area (Å²) >= 11 is 0. The summed E-state index contributed by atoms with van der Waals surface area (Å²) in [5, 5.41) is 2.95. The molecule has 1 atom stereocenters. The molecule has 1 heterocycles. The Morgan fingerprint density at radius 2 is 1.85 bits per heavy atom. The van der Waals surface area contributed by atoms with Crippen LogP contribution in [0.4, 0.5) is 4.39 Å². The first-order valence-electron chi connectivity index (χ1n) is 9.38. The van der Waals surface area contributed by atoms with E-state index in [1.807, 2.05) is 27.0 Å². The van der Waals surface area contributed by atoms with Crippen molar-refractivity contribution >= 4 is 11.7 Å². The molecular weight excluding hydrogens is 345 g/mol. The average molecular weight is 372 g/mol. The quantitative estimate of drug-likeness (QED) is 0.686. The van der Waals surface area contributed by atoms with Crippen molar-refractivity contribution in [3.8, 4) is 0 Å². The van der Waals surface area contributed by atoms with Gasteiger partial charge in [0, 0.05) is 29.5 Å². The maximum Gasteiger partial charge on any atom is 0.275 e. The van der Waals surface area contributed by atoms with Gasteiger partial charge in [0.1, 0.15) is 12.4 Å². The summed E-state index contributed by atoms with van der Waals surface area (Å²) in [6.45, 7) is 5.07. The largest absolute Gasteiger partial charge is 0.348 e. The second kappa shape index (κ2) is 8.05. The summed E-state index contributed by atoms with van der Waals surface area (Å²) in [6.07, 6.45) is 2.12. The first kappa shape index (κ1) is 19.3. The summed E-state index contributed by atoms with van der Waals surface area (Å²) in [7, 11) is 1.86. The number of nitrogens with one attached hydrogen (secondary N) is 2. The number of aryl methyl sites for hydroxylation is 1. The molecule has 1 aromatic carbocycles. The zero-order valence-corrected chi connectivity index (χ0v) is 16.1. The van der Waals surface area contributed by atoms with Gasteiger partial charge in [-0.1, -0.05) is 12.1 Å². The topological polar surface area (TPSA) is 55.5 Å². The Morgan fingerprint density at radius 1 is 1.19 bits per heavy atom. The van der Waals surface area contributed by atoms with Gasteiger partial charge in [-0.15, -0.1) is 0 Å². The van der Waals surface area contributed by atoms with Crippen molar-refractivity contribution in [3.05, 3.63) is 58.7 Å². The molecular formula is C21H27FN3O2+. The molecule has 5 nitrogen and oxygen atoms in total. The fraction of sp³-hybridized carbons (Fsp3) is 0.429. The van der Waals surface area contributed by atoms with Gasteiger partial charge in [0.2, 0.25) is 5.78 Å². The lowest BCUT2D eigenvalue weighted by Crippen LogP contribution is -3.11. The van der Waals surface area contributed by atoms with Gasteiger partial charge in [-0.2, -0.15) is 0 Å². The van der Waals surface area contributed by atoms with Crippen molar-refractivity contribution in [3.63, 3.8) is 0 Å². The second-order valence-corrected chi connectivity index (χ2v) is 7.57. The number of hydrogen-bond acceptors (Lipinski definition) is 2. The molecule has 0 spiro atoms. The monoisotopic (exact) mass is 372 g/mol. The van der Waals surface area contributed by atoms with Gasteiger partial charge in [0.15, 0.2) is 6.54 Å². The second-order valence-electron chi connectivity index (χ2n) is 7.57. The van der Waals surface area contributed by atoms with Crippen LogP contribution in [0, 0.1) is 19.7 Å². The lowest BCUT2D eigenvalue weighted by Gasteiger charge is -2.13. The van der Waals surface area contributed by atoms with E-state index in [0.29, 0.717) is 24.7 Å². The number of Topliss-reactive ketones (excluding diaryl/α,β-unsaturated/α-hetero) is 1. The molecule has 0 saturated heterocycles. The summed E-state index contributed by atoms with van der Waals surface area (Å²) in [5.74, 6) is -0.220. The Kier molecular flexibility index (Phi) is 5.75. The Morgan fingerprint density at radius 3 is 2.48 bits per heavy atom. The number of ketones is 1. The van der Waals surface area contributed by atoms with E-state index < -0.39 is 0 Å². The first-order chi connectivity index (χ1) is 12.8. The van der Waals surface area contributed by atoms with Gasteiger partial charge < -0.3 is 14.8 Å². The Labute approximate surface area is 159 Å². The van der Waals surface area contributed by atoms with E-state index in [-0.39, 0.29) is 24.1 Å². The van der Waals surface area contributed by atoms with Crippen LogP contribution in [0.5, 0.6) is 0 Å². The zero-order valence-electron chi connectivity index (χ0n) is 16.1. The van der Waals surface area contributed by atoms with Gasteiger partial charge in [-0.05, 0) is 50.5 Å². The van der Waals surface area contributed by atoms with Gasteiger partial charge in [0.25, 0.3) is 5.91 Å². The number of hydrogen-bond donors (Lipinski definition) is 2. The van der Waals surface area contributed by atoms with Crippen molar-refractivity contribution in [2.75, 3.05) is 20.1 Å². The Bertz CT molecular complexity index is 838. The molecule has 1 amide bonds. The average Bonchev–Trinajstić information content (AvgIpc) is 3.36. The molecule has 0 radical (unpaired) electrons. The smallest absolute Gasteiger partial charge is 0.275 e. The highest BCUT2D eigenvalue weighted by Gasteiger charge is 2.25. The van der Waals surface area contributed by atoms with Crippen LogP contribution in [0.1, 0.15) is 40.2 Å². The number of halogens is 1. The molecule has 1 aromatic heterocycles. The van der Waals surface area contributed by atoms with Crippen molar-refractivity contribution in [2.24, 2.45) is 0 Å². The van der Waals surface area contributed by atoms with Gasteiger partial charge >= 0.3 is 0 Å². The minimum atomic E-state index is -0.257. The molecule has 0 aliphatic heterocycles. The third-order valence-electron chi connectivity index (χ3n) is 5.00. The number of carbonyl (C=O) groups is 2. The molecule has 1 aliphatic rings. The minimum Gasteiger partial charge on any atom is -0.348 e. The summed E-state index contributed by atoms with van der Waals surface area (Å²) in [4.78, 5) is 25.5. The van der Waals surface area contributed by atoms with Crippen LogP contribution in [-0.2, 0) is 11.3 Å². The predicted octanol–water partition coefficient (Wildman–Crippen LogP) is 1.27. The van der Waals surface area contributed by atoms with E-state index in [0.717, 1.165) is 34.7 Å². The van der Waals surface area contributed by atoms with Crippen LogP contribution in [0.25, 0.3) is 0 Å². The van der Waals surface area contributed by atoms with Crippen LogP contribution in [0.2, 0.25) is 0 Å². The molecule has 27 heavy (non-hydrogen) atoms. The van der Waals surface area contributed by atoms with E-state index >= 15 is 0 Å². The standard InChI is InChI=1S/C21H26FN3O2/c1-14-10-19(15(2)25(14)11-16-4-6-17(22)7-5-16)20(26)12-24(3)13-21(27)23-18-8-9-18/h4-7,10,18H,8-9,11-13H2,1-3H3,(H,23,27)/p+1. The van der Waals surface area contributed by atoms with Crippen molar-refractivity contribution in [1.29, 1.82) is 0 Å². The first-order valence-corrected chi connectivity index (χ1v) is 9.38. The molecule has 6 heteroatoms. The SMILES string of the molecule is Cc1cc(C(=O)C[NH+](C)CC(=O)NC2CC2)c(C)n1Cc1ccc(F)cc1. The molecule has 144 valence electrons. The number of benzene rings is 1. The maximum absolute atomic E-state index is 13.1. The number of likely N-dealkylation sites (N-methyl/N-ethyl adjacent to an activating group) is 1. The van der Waals surface area contributed by atoms with Gasteiger partial charge in [-0.25, -0.2) is 4.39 Å². The number of rotatable bonds is 8. The van der Waals surface area contributed by atoms with E-state index in [9.17, 15) is 14.0 Å². The number of aromatic nitrogens is 1. The Hall–Kier alpha value is -2.47. The van der Waals surface area contributed by atoms with Crippen LogP contribution < -0.4 is 10.2 Å². The van der Waals surface area contributed by atoms with E-state index in [2.05, 4.69) is 9.88 Å². The molecule has 1 fully saturated rings. The number of carbonyl (C=O) groups excluding carboxylic acids is 2. The molecule has 0 bridgehead atoms. The predicted molar refractivity (Wildman–Crippen MR) is 102 cm³/mol. The highest BCUT2D eigenvalue weighted by molar-refractivity contribution is 5.98. The summed E-state index contributed by atoms with van der Waals surface area (Å²) < 4.78 is 15.2. The third-order valence-corrected chi connectivity index (χ3v) is 5.00. The van der Waals surface area contributed by atoms with Gasteiger partial charge in [-0.3, -0.25) is 9.59 Å². The van der Waals surface area contributed by atoms with Crippen molar-refractivity contribution in [2.45, 2.75) is 39.3 Å². The minimum absolute atomic E-state index is 0.00424. The molecule has 1 unspecified atom stereocenters. The number of quaternary nitrogens is 1. The highest BCUT2D eigenvalue weighted by Crippen LogP contribution is 2.18. The van der Waals surface area contributed by atoms with Crippen LogP contribution in [0.15, 0.2) is 30.3 Å². The van der Waals surface area contributed by atoms with E-state index in [1.165, 1.54) is 12.1 Å². The normalized spacial score (nSPS) is 14.8. The van der Waals surface area contributed by atoms with Crippen LogP contribution in [0.3, 0.4) is 0 Å². The lowest BCUT2D eigenvalue weighted by molar-refractivity contribution is -0.862. The summed E-state index contributed by atoms with van der Waals surface area (Å²) in [5.41, 5.74) is 3.56. The molecule has 3 rings (SSSR count). The fourth-order valence-electron chi connectivity index (χ4n) is 3.31. The van der Waals surface area contributed by atoms with Gasteiger partial charge in [0.05, 0.1) is 7.05 Å². The van der Waals surface area contributed by atoms with Crippen LogP contribution in [-0.4, -0.2) is 42.4 Å².